The number of hydrogen-bond donors (Lipinski definition) is 4. The van der Waals surface area contributed by atoms with E-state index >= 15 is 0 Å². The molecule has 0 rings (SSSR count). The van der Waals surface area contributed by atoms with Crippen molar-refractivity contribution in [3.8, 4) is 0 Å². The van der Waals surface area contributed by atoms with Crippen LogP contribution in [0.3, 0.4) is 0 Å². The molecule has 0 amide bonds. The first kappa shape index (κ1) is 15.7. The molecule has 4 N–H and O–H groups in total. The van der Waals surface area contributed by atoms with Crippen molar-refractivity contribution < 1.29 is 19.2 Å². The molecule has 0 fully saturated rings. The molecule has 0 spiro atoms. The van der Waals surface area contributed by atoms with Crippen LogP contribution < -0.4 is 0 Å². The van der Waals surface area contributed by atoms with Crippen molar-refractivity contribution >= 4 is 36.5 Å². The van der Waals surface area contributed by atoms with E-state index in [0.29, 0.717) is 0 Å². The van der Waals surface area contributed by atoms with Crippen LogP contribution in [0.2, 0.25) is 0 Å². The predicted octanol–water partition coefficient (Wildman–Crippen LogP) is -3.37. The van der Waals surface area contributed by atoms with Gasteiger partial charge < -0.3 is 19.2 Å². The van der Waals surface area contributed by atoms with E-state index in [9.17, 15) is 0 Å². The summed E-state index contributed by atoms with van der Waals surface area (Å²) in [4.78, 5) is 29.3. The van der Waals surface area contributed by atoms with Gasteiger partial charge in [-0.25, -0.2) is 0 Å². The SMILES string of the molecule is O[Si](O)(O)O.[Al+3].[Be+2]. The first-order chi connectivity index (χ1) is 2.00. The largest absolute Gasteiger partial charge is 3.00 e. The van der Waals surface area contributed by atoms with Gasteiger partial charge in [-0.05, 0) is 0 Å². The predicted molar refractivity (Wildman–Crippen MR) is 26.1 cm³/mol. The summed E-state index contributed by atoms with van der Waals surface area (Å²) >= 11 is 0. The maximum absolute atomic E-state index is 7.33. The zero-order valence-corrected chi connectivity index (χ0v) is 5.73. The summed E-state index contributed by atoms with van der Waals surface area (Å²) in [5, 5.41) is 0. The van der Waals surface area contributed by atoms with E-state index in [0.717, 1.165) is 0 Å². The van der Waals surface area contributed by atoms with Crippen LogP contribution in [0, 0.1) is 0 Å². The fraction of sp³-hybridized carbons (Fsp3) is 0. The molecule has 0 aliphatic carbocycles. The van der Waals surface area contributed by atoms with Crippen LogP contribution in [-0.2, 0) is 0 Å². The van der Waals surface area contributed by atoms with Crippen LogP contribution in [0.4, 0.5) is 0 Å². The summed E-state index contributed by atoms with van der Waals surface area (Å²) < 4.78 is 0. The van der Waals surface area contributed by atoms with Crippen LogP contribution in [0.15, 0.2) is 0 Å². The minimum absolute atomic E-state index is 0. The Morgan fingerprint density at radius 1 is 0.857 bits per heavy atom. The molecule has 0 aromatic carbocycles. The third-order valence-corrected chi connectivity index (χ3v) is 0. The van der Waals surface area contributed by atoms with Crippen LogP contribution in [-0.4, -0.2) is 55.7 Å². The Hall–Kier alpha value is 0.758. The van der Waals surface area contributed by atoms with E-state index < -0.39 is 9.05 Å². The molecule has 0 atom stereocenters. The number of rotatable bonds is 0. The van der Waals surface area contributed by atoms with Crippen molar-refractivity contribution in [2.45, 2.75) is 0 Å². The molecule has 0 unspecified atom stereocenters. The molecule has 0 aromatic heterocycles. The molecule has 7 heteroatoms. The second-order valence-corrected chi connectivity index (χ2v) is 1.80. The Bertz CT molecular complexity index is 27.2. The minimum Gasteiger partial charge on any atom is -0.368 e. The van der Waals surface area contributed by atoms with E-state index in [1.54, 1.807) is 0 Å². The van der Waals surface area contributed by atoms with Gasteiger partial charge >= 0.3 is 36.5 Å². The minimum atomic E-state index is -4.61. The second-order valence-electron chi connectivity index (χ2n) is 0.600. The summed E-state index contributed by atoms with van der Waals surface area (Å²) in [7, 11) is -4.61. The maximum atomic E-state index is 7.33. The van der Waals surface area contributed by atoms with E-state index in [4.69, 9.17) is 19.2 Å². The first-order valence-electron chi connectivity index (χ1n) is 0.894. The Kier molecular flexibility index (Phi) is 11.0. The van der Waals surface area contributed by atoms with Gasteiger partial charge in [0.1, 0.15) is 0 Å². The van der Waals surface area contributed by atoms with E-state index in [-0.39, 0.29) is 27.5 Å². The van der Waals surface area contributed by atoms with Crippen LogP contribution in [0.5, 0.6) is 0 Å². The molecule has 0 saturated carbocycles. The Balaban J connectivity index is -0.0000000800. The van der Waals surface area contributed by atoms with Gasteiger partial charge in [0.2, 0.25) is 0 Å². The van der Waals surface area contributed by atoms with Crippen molar-refractivity contribution in [1.29, 1.82) is 0 Å². The molecule has 32 valence electrons. The monoisotopic (exact) mass is 132 g/mol. The summed E-state index contributed by atoms with van der Waals surface area (Å²) in [6.07, 6.45) is 0. The van der Waals surface area contributed by atoms with Gasteiger partial charge in [0.15, 0.2) is 0 Å². The van der Waals surface area contributed by atoms with E-state index in [1.807, 2.05) is 0 Å². The van der Waals surface area contributed by atoms with E-state index in [2.05, 4.69) is 0 Å². The van der Waals surface area contributed by atoms with Gasteiger partial charge in [-0.3, -0.25) is 0 Å². The van der Waals surface area contributed by atoms with Crippen molar-refractivity contribution in [2.24, 2.45) is 0 Å². The van der Waals surface area contributed by atoms with Crippen LogP contribution in [0.25, 0.3) is 0 Å². The Morgan fingerprint density at radius 2 is 0.857 bits per heavy atom. The summed E-state index contributed by atoms with van der Waals surface area (Å²) in [6.45, 7) is 0. The molecule has 4 nitrogen and oxygen atoms in total. The standard InChI is InChI=1S/Al.Be.H4O4Si/c;;1-5(2,3)4/h;;1-4H/q+3;+2;. The molecule has 0 bridgehead atoms. The van der Waals surface area contributed by atoms with Gasteiger partial charge in [0.25, 0.3) is 0 Å². The van der Waals surface area contributed by atoms with Crippen LogP contribution >= 0.6 is 0 Å². The molecule has 0 saturated heterocycles. The molecule has 0 heterocycles. The third kappa shape index (κ3) is 266. The summed E-state index contributed by atoms with van der Waals surface area (Å²) in [5.74, 6) is 0. The molecule has 0 aliphatic heterocycles. The molecule has 0 aromatic rings. The second kappa shape index (κ2) is 4.91. The van der Waals surface area contributed by atoms with Gasteiger partial charge in [-0.2, -0.15) is 0 Å². The van der Waals surface area contributed by atoms with Gasteiger partial charge in [-0.1, -0.05) is 0 Å². The maximum Gasteiger partial charge on any atom is 3.00 e. The van der Waals surface area contributed by atoms with Gasteiger partial charge in [0.05, 0.1) is 0 Å². The average molecular weight is 132 g/mol. The van der Waals surface area contributed by atoms with Crippen molar-refractivity contribution in [3.05, 3.63) is 0 Å². The van der Waals surface area contributed by atoms with Crippen molar-refractivity contribution in [1.82, 2.24) is 0 Å². The molecular formula is H4AlBeO4Si+5. The molecule has 0 radical (unpaired) electrons. The first-order valence-corrected chi connectivity index (χ1v) is 2.68. The molecule has 0 aliphatic rings. The topological polar surface area (TPSA) is 80.9 Å². The summed E-state index contributed by atoms with van der Waals surface area (Å²) in [6, 6.07) is 0. The van der Waals surface area contributed by atoms with Crippen molar-refractivity contribution in [3.63, 3.8) is 0 Å². The van der Waals surface area contributed by atoms with Crippen molar-refractivity contribution in [2.75, 3.05) is 0 Å². The Morgan fingerprint density at radius 3 is 0.857 bits per heavy atom. The van der Waals surface area contributed by atoms with Gasteiger partial charge in [-0.15, -0.1) is 0 Å². The normalized spacial score (nSPS) is 8.57. The zero-order valence-electron chi connectivity index (χ0n) is 3.57. The smallest absolute Gasteiger partial charge is 0.368 e. The fourth-order valence-electron chi connectivity index (χ4n) is 0. The Labute approximate surface area is 56.3 Å². The third-order valence-electron chi connectivity index (χ3n) is 0. The summed E-state index contributed by atoms with van der Waals surface area (Å²) in [5.41, 5.74) is 0. The molecular weight excluding hydrogens is 128 g/mol. The molecule has 7 heavy (non-hydrogen) atoms. The fourth-order valence-corrected chi connectivity index (χ4v) is 0. The average Bonchev–Trinajstić information content (AvgIpc) is 0.722. The quantitative estimate of drug-likeness (QED) is 0.259. The number of hydrogen-bond acceptors (Lipinski definition) is 4. The van der Waals surface area contributed by atoms with Crippen LogP contribution in [0.1, 0.15) is 0 Å². The zero-order chi connectivity index (χ0) is 4.50. The van der Waals surface area contributed by atoms with Gasteiger partial charge in [0, 0.05) is 0 Å². The van der Waals surface area contributed by atoms with E-state index in [1.165, 1.54) is 0 Å².